The lowest BCUT2D eigenvalue weighted by Crippen LogP contribution is -2.38. The molecular formula is C8H13NO3. The second-order valence-corrected chi connectivity index (χ2v) is 3.50. The predicted molar refractivity (Wildman–Crippen MR) is 42.7 cm³/mol. The van der Waals surface area contributed by atoms with Crippen LogP contribution in [-0.2, 0) is 9.59 Å². The molecule has 4 heteroatoms. The number of carboxylic acids is 1. The van der Waals surface area contributed by atoms with Gasteiger partial charge in [-0.1, -0.05) is 0 Å². The normalized spacial score (nSPS) is 28.6. The number of amides is 1. The molecule has 1 amide bonds. The molecule has 1 aliphatic heterocycles. The van der Waals surface area contributed by atoms with Gasteiger partial charge in [-0.3, -0.25) is 9.59 Å². The van der Waals surface area contributed by atoms with Crippen LogP contribution in [0.5, 0.6) is 0 Å². The Kier molecular flexibility index (Phi) is 2.35. The number of carbonyl (C=O) groups is 2. The fourth-order valence-electron chi connectivity index (χ4n) is 1.42. The second kappa shape index (κ2) is 3.13. The van der Waals surface area contributed by atoms with E-state index in [1.165, 1.54) is 0 Å². The minimum atomic E-state index is -0.808. The van der Waals surface area contributed by atoms with Gasteiger partial charge in [0.15, 0.2) is 0 Å². The maximum Gasteiger partial charge on any atom is 0.303 e. The Balaban J connectivity index is 2.40. The summed E-state index contributed by atoms with van der Waals surface area (Å²) in [7, 11) is 0. The Hall–Kier alpha value is -1.06. The Morgan fingerprint density at radius 2 is 2.42 bits per heavy atom. The van der Waals surface area contributed by atoms with Gasteiger partial charge in [0.25, 0.3) is 0 Å². The molecule has 0 radical (unpaired) electrons. The second-order valence-electron chi connectivity index (χ2n) is 3.50. The molecule has 1 fully saturated rings. The van der Waals surface area contributed by atoms with Crippen molar-refractivity contribution in [2.24, 2.45) is 0 Å². The van der Waals surface area contributed by atoms with Crippen LogP contribution in [0.2, 0.25) is 0 Å². The van der Waals surface area contributed by atoms with Crippen LogP contribution in [0.15, 0.2) is 0 Å². The molecule has 1 aliphatic rings. The van der Waals surface area contributed by atoms with E-state index in [-0.39, 0.29) is 17.9 Å². The molecule has 4 nitrogen and oxygen atoms in total. The highest BCUT2D eigenvalue weighted by Crippen LogP contribution is 2.24. The Morgan fingerprint density at radius 3 is 2.83 bits per heavy atom. The molecule has 68 valence electrons. The molecule has 0 aromatic heterocycles. The van der Waals surface area contributed by atoms with Gasteiger partial charge >= 0.3 is 5.97 Å². The first kappa shape index (κ1) is 9.03. The highest BCUT2D eigenvalue weighted by Gasteiger charge is 2.32. The quantitative estimate of drug-likeness (QED) is 0.650. The smallest absolute Gasteiger partial charge is 0.303 e. The SMILES string of the molecule is CC1(CCC(=O)O)CCC(=O)N1. The van der Waals surface area contributed by atoms with Crippen LogP contribution in [0.1, 0.15) is 32.6 Å². The fraction of sp³-hybridized carbons (Fsp3) is 0.750. The molecule has 1 saturated heterocycles. The molecule has 0 spiro atoms. The van der Waals surface area contributed by atoms with Crippen molar-refractivity contribution in [1.29, 1.82) is 0 Å². The summed E-state index contributed by atoms with van der Waals surface area (Å²) >= 11 is 0. The third-order valence-electron chi connectivity index (χ3n) is 2.24. The van der Waals surface area contributed by atoms with Crippen LogP contribution in [-0.4, -0.2) is 22.5 Å². The van der Waals surface area contributed by atoms with E-state index in [2.05, 4.69) is 5.32 Å². The van der Waals surface area contributed by atoms with Gasteiger partial charge in [0.2, 0.25) is 5.91 Å². The Morgan fingerprint density at radius 1 is 1.75 bits per heavy atom. The number of carboxylic acid groups (broad SMARTS) is 1. The molecule has 12 heavy (non-hydrogen) atoms. The summed E-state index contributed by atoms with van der Waals surface area (Å²) in [5.41, 5.74) is -0.282. The van der Waals surface area contributed by atoms with Crippen LogP contribution in [0.25, 0.3) is 0 Å². The first-order chi connectivity index (χ1) is 5.52. The minimum absolute atomic E-state index is 0.0305. The Labute approximate surface area is 71.0 Å². The van der Waals surface area contributed by atoms with Gasteiger partial charge in [-0.2, -0.15) is 0 Å². The third kappa shape index (κ3) is 2.22. The van der Waals surface area contributed by atoms with Gasteiger partial charge in [-0.25, -0.2) is 0 Å². The number of carbonyl (C=O) groups excluding carboxylic acids is 1. The molecule has 2 N–H and O–H groups in total. The lowest BCUT2D eigenvalue weighted by atomic mass is 9.94. The third-order valence-corrected chi connectivity index (χ3v) is 2.24. The van der Waals surface area contributed by atoms with Crippen LogP contribution in [0.3, 0.4) is 0 Å². The standard InChI is InChI=1S/C8H13NO3/c1-8(5-3-7(11)12)4-2-6(10)9-8/h2-5H2,1H3,(H,9,10)(H,11,12). The fourth-order valence-corrected chi connectivity index (χ4v) is 1.42. The zero-order valence-electron chi connectivity index (χ0n) is 7.09. The van der Waals surface area contributed by atoms with Crippen LogP contribution < -0.4 is 5.32 Å². The number of rotatable bonds is 3. The number of nitrogens with one attached hydrogen (secondary N) is 1. The van der Waals surface area contributed by atoms with E-state index in [1.807, 2.05) is 6.92 Å². The molecule has 0 bridgehead atoms. The monoisotopic (exact) mass is 171 g/mol. The van der Waals surface area contributed by atoms with Crippen molar-refractivity contribution in [2.75, 3.05) is 0 Å². The van der Waals surface area contributed by atoms with Crippen molar-refractivity contribution in [3.8, 4) is 0 Å². The van der Waals surface area contributed by atoms with E-state index in [0.29, 0.717) is 12.8 Å². The Bertz CT molecular complexity index is 214. The van der Waals surface area contributed by atoms with Crippen molar-refractivity contribution < 1.29 is 14.7 Å². The van der Waals surface area contributed by atoms with Gasteiger partial charge < -0.3 is 10.4 Å². The lowest BCUT2D eigenvalue weighted by molar-refractivity contribution is -0.137. The summed E-state index contributed by atoms with van der Waals surface area (Å²) in [6.45, 7) is 1.89. The van der Waals surface area contributed by atoms with Gasteiger partial charge in [-0.15, -0.1) is 0 Å². The molecule has 0 saturated carbocycles. The molecule has 1 atom stereocenters. The van der Waals surface area contributed by atoms with Crippen molar-refractivity contribution in [1.82, 2.24) is 5.32 Å². The molecule has 0 aromatic carbocycles. The predicted octanol–water partition coefficient (Wildman–Crippen LogP) is 0.520. The summed E-state index contributed by atoms with van der Waals surface area (Å²) in [6, 6.07) is 0. The summed E-state index contributed by atoms with van der Waals surface area (Å²) in [6.07, 6.45) is 1.92. The topological polar surface area (TPSA) is 66.4 Å². The van der Waals surface area contributed by atoms with E-state index in [0.717, 1.165) is 6.42 Å². The van der Waals surface area contributed by atoms with Gasteiger partial charge in [0.1, 0.15) is 0 Å². The number of hydrogen-bond donors (Lipinski definition) is 2. The maximum atomic E-state index is 10.8. The first-order valence-electron chi connectivity index (χ1n) is 4.05. The van der Waals surface area contributed by atoms with Crippen molar-refractivity contribution in [3.05, 3.63) is 0 Å². The average molecular weight is 171 g/mol. The average Bonchev–Trinajstić information content (AvgIpc) is 2.29. The molecule has 1 heterocycles. The zero-order chi connectivity index (χ0) is 9.19. The summed E-state index contributed by atoms with van der Waals surface area (Å²) in [5, 5.41) is 11.2. The van der Waals surface area contributed by atoms with Gasteiger partial charge in [-0.05, 0) is 19.8 Å². The van der Waals surface area contributed by atoms with E-state index < -0.39 is 5.97 Å². The first-order valence-corrected chi connectivity index (χ1v) is 4.05. The van der Waals surface area contributed by atoms with Crippen LogP contribution >= 0.6 is 0 Å². The van der Waals surface area contributed by atoms with Crippen LogP contribution in [0.4, 0.5) is 0 Å². The summed E-state index contributed by atoms with van der Waals surface area (Å²) in [4.78, 5) is 21.1. The van der Waals surface area contributed by atoms with E-state index in [4.69, 9.17) is 5.11 Å². The highest BCUT2D eigenvalue weighted by molar-refractivity contribution is 5.79. The molecule has 1 unspecified atom stereocenters. The van der Waals surface area contributed by atoms with Crippen LogP contribution in [0, 0.1) is 0 Å². The number of aliphatic carboxylic acids is 1. The summed E-state index contributed by atoms with van der Waals surface area (Å²) in [5.74, 6) is -0.778. The zero-order valence-corrected chi connectivity index (χ0v) is 7.09. The van der Waals surface area contributed by atoms with Crippen molar-refractivity contribution in [3.63, 3.8) is 0 Å². The highest BCUT2D eigenvalue weighted by atomic mass is 16.4. The van der Waals surface area contributed by atoms with E-state index in [1.54, 1.807) is 0 Å². The molecule has 1 rings (SSSR count). The maximum absolute atomic E-state index is 10.8. The number of hydrogen-bond acceptors (Lipinski definition) is 2. The van der Waals surface area contributed by atoms with E-state index >= 15 is 0 Å². The molecule has 0 aromatic rings. The van der Waals surface area contributed by atoms with Crippen molar-refractivity contribution in [2.45, 2.75) is 38.1 Å². The summed E-state index contributed by atoms with van der Waals surface area (Å²) < 4.78 is 0. The molecule has 0 aliphatic carbocycles. The van der Waals surface area contributed by atoms with Crippen molar-refractivity contribution >= 4 is 11.9 Å². The molecular weight excluding hydrogens is 158 g/mol. The van der Waals surface area contributed by atoms with Gasteiger partial charge in [0, 0.05) is 18.4 Å². The van der Waals surface area contributed by atoms with E-state index in [9.17, 15) is 9.59 Å². The van der Waals surface area contributed by atoms with Gasteiger partial charge in [0.05, 0.1) is 0 Å². The minimum Gasteiger partial charge on any atom is -0.481 e. The lowest BCUT2D eigenvalue weighted by Gasteiger charge is -2.22. The largest absolute Gasteiger partial charge is 0.481 e.